The quantitative estimate of drug-likeness (QED) is 0.149. The van der Waals surface area contributed by atoms with Gasteiger partial charge in [0.1, 0.15) is 23.7 Å². The minimum absolute atomic E-state index is 0.0280. The van der Waals surface area contributed by atoms with Crippen LogP contribution in [-0.2, 0) is 47.9 Å². The van der Waals surface area contributed by atoms with E-state index in [2.05, 4.69) is 22.8 Å². The van der Waals surface area contributed by atoms with E-state index < -0.39 is 24.0 Å². The first-order valence-corrected chi connectivity index (χ1v) is 18.5. The summed E-state index contributed by atoms with van der Waals surface area (Å²) in [6.07, 6.45) is 3.52. The summed E-state index contributed by atoms with van der Waals surface area (Å²) in [5.74, 6) is -0.0275. The molecule has 10 nitrogen and oxygen atoms in total. The number of ether oxygens (including phenoxy) is 4. The van der Waals surface area contributed by atoms with E-state index in [1.807, 2.05) is 64.1 Å². The fourth-order valence-corrected chi connectivity index (χ4v) is 7.10. The molecule has 2 heterocycles. The molecule has 2 aliphatic rings. The zero-order chi connectivity index (χ0) is 39.2. The third kappa shape index (κ3) is 8.81. The molecule has 0 saturated carbocycles. The van der Waals surface area contributed by atoms with Crippen LogP contribution in [0.15, 0.2) is 96.5 Å². The van der Waals surface area contributed by atoms with Gasteiger partial charge in [-0.2, -0.15) is 0 Å². The van der Waals surface area contributed by atoms with Crippen LogP contribution in [-0.4, -0.2) is 37.6 Å². The summed E-state index contributed by atoms with van der Waals surface area (Å²) in [4.78, 5) is 52.5. The number of aryl methyl sites for hydroxylation is 3. The topological polar surface area (TPSA) is 129 Å². The highest BCUT2D eigenvalue weighted by Gasteiger charge is 2.30. The predicted molar refractivity (Wildman–Crippen MR) is 210 cm³/mol. The number of benzene rings is 4. The number of nitrogens with one attached hydrogen (secondary N) is 2. The lowest BCUT2D eigenvalue weighted by Gasteiger charge is -2.25. The monoisotopic (exact) mass is 742 g/mol. The lowest BCUT2D eigenvalue weighted by Crippen LogP contribution is -2.25. The zero-order valence-corrected chi connectivity index (χ0v) is 32.0. The number of hydrogen-bond acceptors (Lipinski definition) is 8. The van der Waals surface area contributed by atoms with Crippen molar-refractivity contribution in [2.75, 3.05) is 24.9 Å². The standard InChI is InChI=1S/C45H46N2O8/c1-7-29-20-28(19-27(4)42(29)46-44(50)40-24-33(48)22-38(54-40)30-11-15-35(52-5)16-12-30)21-32-10-9-26(3)43(37(32)8-2)47-45(51)41-25-34(49)23-39(55-41)31-13-17-36(53-6)18-14-31/h9-20,24-25,38-39H,7-8,21-23H2,1-6H3,(H,46,50)(H,47,51)/t38-,39-/m1/s1. The number of rotatable bonds is 12. The molecular weight excluding hydrogens is 697 g/mol. The van der Waals surface area contributed by atoms with Crippen molar-refractivity contribution < 1.29 is 38.1 Å². The number of ketones is 2. The summed E-state index contributed by atoms with van der Waals surface area (Å²) >= 11 is 0. The van der Waals surface area contributed by atoms with Crippen molar-refractivity contribution in [3.63, 3.8) is 0 Å². The van der Waals surface area contributed by atoms with Crippen LogP contribution in [0.25, 0.3) is 0 Å². The predicted octanol–water partition coefficient (Wildman–Crippen LogP) is 8.14. The van der Waals surface area contributed by atoms with Crippen molar-refractivity contribution in [3.05, 3.63) is 141 Å². The Labute approximate surface area is 321 Å². The molecule has 6 rings (SSSR count). The summed E-state index contributed by atoms with van der Waals surface area (Å²) < 4.78 is 22.6. The number of methoxy groups -OCH3 is 2. The van der Waals surface area contributed by atoms with E-state index in [0.717, 1.165) is 44.5 Å². The maximum absolute atomic E-state index is 13.6. The van der Waals surface area contributed by atoms with Crippen LogP contribution in [0.3, 0.4) is 0 Å². The van der Waals surface area contributed by atoms with E-state index in [0.29, 0.717) is 42.1 Å². The van der Waals surface area contributed by atoms with E-state index in [9.17, 15) is 19.2 Å². The maximum atomic E-state index is 13.6. The summed E-state index contributed by atoms with van der Waals surface area (Å²) in [6.45, 7) is 7.95. The normalized spacial score (nSPS) is 16.6. The zero-order valence-electron chi connectivity index (χ0n) is 32.0. The van der Waals surface area contributed by atoms with Gasteiger partial charge in [0.2, 0.25) is 0 Å². The molecule has 284 valence electrons. The molecule has 10 heteroatoms. The number of carbonyl (C=O) groups excluding carboxylic acids is 4. The molecule has 2 aliphatic heterocycles. The Kier molecular flexibility index (Phi) is 11.8. The van der Waals surface area contributed by atoms with Gasteiger partial charge in [-0.25, -0.2) is 0 Å². The fourth-order valence-electron chi connectivity index (χ4n) is 7.10. The van der Waals surface area contributed by atoms with Crippen LogP contribution in [0.2, 0.25) is 0 Å². The highest BCUT2D eigenvalue weighted by Crippen LogP contribution is 2.34. The van der Waals surface area contributed by atoms with Crippen molar-refractivity contribution in [1.82, 2.24) is 0 Å². The largest absolute Gasteiger partial charge is 0.497 e. The first kappa shape index (κ1) is 38.6. The second-order valence-corrected chi connectivity index (χ2v) is 13.8. The van der Waals surface area contributed by atoms with Crippen molar-refractivity contribution in [2.45, 2.75) is 72.0 Å². The van der Waals surface area contributed by atoms with Crippen molar-refractivity contribution in [1.29, 1.82) is 0 Å². The minimum Gasteiger partial charge on any atom is -0.497 e. The Morgan fingerprint density at radius 1 is 0.655 bits per heavy atom. The summed E-state index contributed by atoms with van der Waals surface area (Å²) in [5.41, 5.74) is 8.67. The summed E-state index contributed by atoms with van der Waals surface area (Å²) in [6, 6.07) is 22.7. The Hall–Kier alpha value is -6.16. The summed E-state index contributed by atoms with van der Waals surface area (Å²) in [5, 5.41) is 6.07. The van der Waals surface area contributed by atoms with Crippen molar-refractivity contribution in [3.8, 4) is 11.5 Å². The second kappa shape index (κ2) is 16.9. The number of amides is 2. The van der Waals surface area contributed by atoms with Crippen molar-refractivity contribution in [2.24, 2.45) is 0 Å². The molecule has 4 aromatic carbocycles. The Balaban J connectivity index is 1.18. The van der Waals surface area contributed by atoms with Gasteiger partial charge in [0, 0.05) is 23.5 Å². The maximum Gasteiger partial charge on any atom is 0.290 e. The van der Waals surface area contributed by atoms with Gasteiger partial charge in [-0.15, -0.1) is 0 Å². The molecule has 0 aliphatic carbocycles. The molecule has 0 unspecified atom stereocenters. The van der Waals surface area contributed by atoms with Crippen LogP contribution in [0, 0.1) is 13.8 Å². The van der Waals surface area contributed by atoms with Gasteiger partial charge in [0.25, 0.3) is 11.8 Å². The van der Waals surface area contributed by atoms with Gasteiger partial charge < -0.3 is 29.6 Å². The average molecular weight is 743 g/mol. The van der Waals surface area contributed by atoms with E-state index in [1.165, 1.54) is 12.2 Å². The second-order valence-electron chi connectivity index (χ2n) is 13.8. The Morgan fingerprint density at radius 3 is 1.64 bits per heavy atom. The first-order valence-electron chi connectivity index (χ1n) is 18.5. The molecule has 55 heavy (non-hydrogen) atoms. The molecule has 4 aromatic rings. The molecule has 0 radical (unpaired) electrons. The SMILES string of the molecule is CCc1cc(Cc2ccc(C)c(NC(=O)C3=CC(=O)C[C@H](c4ccc(OC)cc4)O3)c2CC)cc(C)c1NC(=O)C1=CC(=O)C[C@H](c2ccc(OC)cc2)O1. The molecule has 2 atom stereocenters. The lowest BCUT2D eigenvalue weighted by atomic mass is 9.92. The van der Waals surface area contributed by atoms with Gasteiger partial charge in [-0.05, 0) is 102 Å². The number of allylic oxidation sites excluding steroid dienone is 2. The minimum atomic E-state index is -0.586. The van der Waals surface area contributed by atoms with Crippen LogP contribution >= 0.6 is 0 Å². The summed E-state index contributed by atoms with van der Waals surface area (Å²) in [7, 11) is 3.17. The smallest absolute Gasteiger partial charge is 0.290 e. The molecule has 0 aromatic heterocycles. The molecule has 2 amide bonds. The van der Waals surface area contributed by atoms with E-state index in [4.69, 9.17) is 18.9 Å². The number of carbonyl (C=O) groups is 4. The van der Waals surface area contributed by atoms with E-state index in [1.54, 1.807) is 38.5 Å². The average Bonchev–Trinajstić information content (AvgIpc) is 3.19. The number of anilines is 2. The lowest BCUT2D eigenvalue weighted by molar-refractivity contribution is -0.124. The van der Waals surface area contributed by atoms with Crippen LogP contribution in [0.5, 0.6) is 11.5 Å². The highest BCUT2D eigenvalue weighted by atomic mass is 16.5. The third-order valence-electron chi connectivity index (χ3n) is 10.0. The first-order chi connectivity index (χ1) is 26.5. The van der Waals surface area contributed by atoms with Crippen LogP contribution in [0.1, 0.15) is 83.4 Å². The van der Waals surface area contributed by atoms with Gasteiger partial charge in [0.15, 0.2) is 23.1 Å². The van der Waals surface area contributed by atoms with Crippen molar-refractivity contribution >= 4 is 34.8 Å². The third-order valence-corrected chi connectivity index (χ3v) is 10.0. The van der Waals surface area contributed by atoms with E-state index >= 15 is 0 Å². The molecule has 2 N–H and O–H groups in total. The highest BCUT2D eigenvalue weighted by molar-refractivity contribution is 6.09. The van der Waals surface area contributed by atoms with Gasteiger partial charge >= 0.3 is 0 Å². The van der Waals surface area contributed by atoms with Crippen LogP contribution in [0.4, 0.5) is 11.4 Å². The molecular formula is C45H46N2O8. The number of hydrogen-bond donors (Lipinski definition) is 2. The Bertz CT molecular complexity index is 2180. The molecule has 0 spiro atoms. The molecule has 0 fully saturated rings. The Morgan fingerprint density at radius 2 is 1.16 bits per heavy atom. The van der Waals surface area contributed by atoms with Crippen LogP contribution < -0.4 is 20.1 Å². The molecule has 0 saturated heterocycles. The van der Waals surface area contributed by atoms with Gasteiger partial charge in [-0.3, -0.25) is 19.2 Å². The van der Waals surface area contributed by atoms with Gasteiger partial charge in [-0.1, -0.05) is 62.4 Å². The van der Waals surface area contributed by atoms with E-state index in [-0.39, 0.29) is 35.9 Å². The molecule has 0 bridgehead atoms. The van der Waals surface area contributed by atoms with Gasteiger partial charge in [0.05, 0.1) is 27.1 Å². The fraction of sp³-hybridized carbons (Fsp3) is 0.289.